The lowest BCUT2D eigenvalue weighted by atomic mass is 9.97. The van der Waals surface area contributed by atoms with Gasteiger partial charge in [0.2, 0.25) is 0 Å². The second-order valence-electron chi connectivity index (χ2n) is 11.0. The molecule has 0 aliphatic carbocycles. The number of benzene rings is 6. The highest BCUT2D eigenvalue weighted by Crippen LogP contribution is 2.40. The van der Waals surface area contributed by atoms with Crippen LogP contribution in [0.25, 0.3) is 76.9 Å². The van der Waals surface area contributed by atoms with E-state index in [9.17, 15) is 5.26 Å². The van der Waals surface area contributed by atoms with Crippen LogP contribution in [0.1, 0.15) is 5.56 Å². The van der Waals surface area contributed by atoms with Gasteiger partial charge >= 0.3 is 0 Å². The minimum atomic E-state index is 0.589. The Bertz CT molecular complexity index is 2460. The zero-order valence-electron chi connectivity index (χ0n) is 24.1. The van der Waals surface area contributed by atoms with Crippen LogP contribution in [0.2, 0.25) is 0 Å². The van der Waals surface area contributed by atoms with Crippen LogP contribution in [0, 0.1) is 17.9 Å². The lowest BCUT2D eigenvalue weighted by Crippen LogP contribution is -1.95. The molecule has 0 saturated heterocycles. The van der Waals surface area contributed by atoms with Gasteiger partial charge < -0.3 is 0 Å². The van der Waals surface area contributed by atoms with Crippen molar-refractivity contribution in [1.82, 2.24) is 9.38 Å². The van der Waals surface area contributed by atoms with Crippen molar-refractivity contribution in [2.24, 2.45) is 0 Å². The molecule has 0 atom stereocenters. The van der Waals surface area contributed by atoms with Crippen LogP contribution in [0.4, 0.5) is 5.69 Å². The Balaban J connectivity index is 1.40. The maximum absolute atomic E-state index is 9.41. The second kappa shape index (κ2) is 10.7. The van der Waals surface area contributed by atoms with Crippen LogP contribution in [-0.4, -0.2) is 9.38 Å². The lowest BCUT2D eigenvalue weighted by Gasteiger charge is -2.13. The summed E-state index contributed by atoms with van der Waals surface area (Å²) in [5, 5.41) is 12.7. The molecule has 0 unspecified atom stereocenters. The van der Waals surface area contributed by atoms with E-state index in [0.717, 1.165) is 61.0 Å². The largest absolute Gasteiger partial charge is 0.291 e. The van der Waals surface area contributed by atoms with Gasteiger partial charge in [0.05, 0.1) is 35.1 Å². The molecular formula is C41H24N4. The number of fused-ring (bicyclic) bond motifs is 6. The highest BCUT2D eigenvalue weighted by atomic mass is 15.0. The van der Waals surface area contributed by atoms with Crippen molar-refractivity contribution in [1.29, 1.82) is 5.26 Å². The summed E-state index contributed by atoms with van der Waals surface area (Å²) in [7, 11) is 0. The van der Waals surface area contributed by atoms with Crippen LogP contribution in [-0.2, 0) is 0 Å². The minimum absolute atomic E-state index is 0.589. The van der Waals surface area contributed by atoms with Crippen molar-refractivity contribution in [3.05, 3.63) is 163 Å². The smallest absolute Gasteiger partial charge is 0.187 e. The third kappa shape index (κ3) is 4.41. The van der Waals surface area contributed by atoms with Gasteiger partial charge in [-0.15, -0.1) is 0 Å². The van der Waals surface area contributed by atoms with E-state index in [1.165, 1.54) is 11.1 Å². The number of imidazole rings is 1. The fraction of sp³-hybridized carbons (Fsp3) is 0. The zero-order chi connectivity index (χ0) is 30.3. The number of nitrogens with zero attached hydrogens (tertiary/aromatic N) is 4. The van der Waals surface area contributed by atoms with Crippen LogP contribution < -0.4 is 0 Å². The summed E-state index contributed by atoms with van der Waals surface area (Å²) >= 11 is 0. The van der Waals surface area contributed by atoms with Crippen molar-refractivity contribution in [3.63, 3.8) is 0 Å². The van der Waals surface area contributed by atoms with Crippen molar-refractivity contribution < 1.29 is 0 Å². The number of pyridine rings is 1. The van der Waals surface area contributed by atoms with Crippen molar-refractivity contribution in [2.45, 2.75) is 0 Å². The molecule has 2 aromatic heterocycles. The average Bonchev–Trinajstić information content (AvgIpc) is 3.53. The third-order valence-electron chi connectivity index (χ3n) is 8.46. The normalized spacial score (nSPS) is 11.1. The van der Waals surface area contributed by atoms with Gasteiger partial charge in [-0.2, -0.15) is 5.26 Å². The first-order valence-electron chi connectivity index (χ1n) is 14.7. The predicted molar refractivity (Wildman–Crippen MR) is 183 cm³/mol. The summed E-state index contributed by atoms with van der Waals surface area (Å²) in [6, 6.07) is 51.7. The van der Waals surface area contributed by atoms with Gasteiger partial charge in [-0.1, -0.05) is 121 Å². The quantitative estimate of drug-likeness (QED) is 0.156. The molecule has 0 fully saturated rings. The Morgan fingerprint density at radius 1 is 0.556 bits per heavy atom. The van der Waals surface area contributed by atoms with E-state index < -0.39 is 0 Å². The number of nitriles is 1. The highest BCUT2D eigenvalue weighted by molar-refractivity contribution is 6.14. The molecule has 0 radical (unpaired) electrons. The van der Waals surface area contributed by atoms with Gasteiger partial charge in [0, 0.05) is 16.3 Å². The van der Waals surface area contributed by atoms with Crippen LogP contribution in [0.3, 0.4) is 0 Å². The molecule has 0 aliphatic heterocycles. The van der Waals surface area contributed by atoms with Crippen LogP contribution >= 0.6 is 0 Å². The van der Waals surface area contributed by atoms with E-state index in [1.807, 2.05) is 54.6 Å². The Morgan fingerprint density at radius 3 is 1.82 bits per heavy atom. The zero-order valence-corrected chi connectivity index (χ0v) is 24.1. The summed E-state index contributed by atoms with van der Waals surface area (Å²) < 4.78 is 2.25. The first-order chi connectivity index (χ1) is 22.2. The Morgan fingerprint density at radius 2 is 1.13 bits per heavy atom. The van der Waals surface area contributed by atoms with Gasteiger partial charge in [0.1, 0.15) is 5.65 Å². The fourth-order valence-corrected chi connectivity index (χ4v) is 6.22. The van der Waals surface area contributed by atoms with Gasteiger partial charge in [0.15, 0.2) is 5.69 Å². The van der Waals surface area contributed by atoms with Gasteiger partial charge in [-0.25, -0.2) is 9.83 Å². The van der Waals surface area contributed by atoms with Crippen molar-refractivity contribution >= 4 is 33.0 Å². The van der Waals surface area contributed by atoms with Crippen molar-refractivity contribution in [3.8, 4) is 50.8 Å². The molecule has 0 bridgehead atoms. The SMILES string of the molecule is [C-]#[N+]c1ccc(-c2c(-c3ccc(C#N)cc3)nc3c4ccccc4c4cc(-c5ccc(-c6ccccc6)cc5)ccc4n23)cc1. The summed E-state index contributed by atoms with van der Waals surface area (Å²) in [6.07, 6.45) is 0. The fourth-order valence-electron chi connectivity index (χ4n) is 6.22. The summed E-state index contributed by atoms with van der Waals surface area (Å²) in [5.74, 6) is 0. The molecule has 8 rings (SSSR count). The monoisotopic (exact) mass is 572 g/mol. The molecular weight excluding hydrogens is 548 g/mol. The van der Waals surface area contributed by atoms with E-state index in [-0.39, 0.29) is 0 Å². The number of aromatic nitrogens is 2. The van der Waals surface area contributed by atoms with Gasteiger partial charge in [0.25, 0.3) is 0 Å². The molecule has 208 valence electrons. The molecule has 45 heavy (non-hydrogen) atoms. The van der Waals surface area contributed by atoms with E-state index in [2.05, 4.69) is 106 Å². The number of hydrogen-bond acceptors (Lipinski definition) is 2. The maximum atomic E-state index is 9.41. The van der Waals surface area contributed by atoms with Crippen molar-refractivity contribution in [2.75, 3.05) is 0 Å². The Labute approximate surface area is 260 Å². The van der Waals surface area contributed by atoms with E-state index in [1.54, 1.807) is 0 Å². The van der Waals surface area contributed by atoms with Crippen LogP contribution in [0.15, 0.2) is 146 Å². The molecule has 0 spiro atoms. The first-order valence-corrected chi connectivity index (χ1v) is 14.7. The second-order valence-corrected chi connectivity index (χ2v) is 11.0. The Hall–Kier alpha value is -6.49. The molecule has 0 N–H and O–H groups in total. The molecule has 6 aromatic carbocycles. The van der Waals surface area contributed by atoms with E-state index in [0.29, 0.717) is 11.3 Å². The summed E-state index contributed by atoms with van der Waals surface area (Å²) in [6.45, 7) is 7.46. The van der Waals surface area contributed by atoms with Gasteiger partial charge in [-0.3, -0.25) is 4.40 Å². The Kier molecular flexibility index (Phi) is 6.19. The molecule has 0 saturated carbocycles. The van der Waals surface area contributed by atoms with E-state index in [4.69, 9.17) is 11.6 Å². The molecule has 4 nitrogen and oxygen atoms in total. The minimum Gasteiger partial charge on any atom is -0.291 e. The predicted octanol–water partition coefficient (Wildman–Crippen LogP) is 10.7. The molecule has 0 aliphatic rings. The molecule has 2 heterocycles. The number of hydrogen-bond donors (Lipinski definition) is 0. The third-order valence-corrected chi connectivity index (χ3v) is 8.46. The molecule has 8 aromatic rings. The topological polar surface area (TPSA) is 45.5 Å². The first kappa shape index (κ1) is 26.2. The average molecular weight is 573 g/mol. The standard InChI is InChI=1S/C41H24N4/c1-43-34-22-19-32(20-23-34)40-39(31-13-11-27(26-42)12-14-31)44-41-36-10-6-5-9-35(36)37-25-33(21-24-38(37)45(40)41)30-17-15-29(16-18-30)28-7-3-2-4-8-28/h2-25H. The summed E-state index contributed by atoms with van der Waals surface area (Å²) in [5.41, 5.74) is 11.4. The highest BCUT2D eigenvalue weighted by Gasteiger charge is 2.21. The summed E-state index contributed by atoms with van der Waals surface area (Å²) in [4.78, 5) is 8.88. The molecule has 4 heteroatoms. The molecule has 0 amide bonds. The van der Waals surface area contributed by atoms with Crippen LogP contribution in [0.5, 0.6) is 0 Å². The van der Waals surface area contributed by atoms with E-state index >= 15 is 0 Å². The lowest BCUT2D eigenvalue weighted by molar-refractivity contribution is 1.27. The van der Waals surface area contributed by atoms with Gasteiger partial charge in [-0.05, 0) is 57.5 Å². The number of rotatable bonds is 4. The maximum Gasteiger partial charge on any atom is 0.187 e.